The highest BCUT2D eigenvalue weighted by atomic mass is 16.5. The number of likely N-dealkylation sites (tertiary alicyclic amines) is 1. The van der Waals surface area contributed by atoms with E-state index >= 15 is 0 Å². The minimum Gasteiger partial charge on any atom is -0.468 e. The molecule has 1 aromatic rings. The van der Waals surface area contributed by atoms with Crippen molar-refractivity contribution in [1.29, 1.82) is 0 Å². The molecule has 10 heteroatoms. The summed E-state index contributed by atoms with van der Waals surface area (Å²) in [7, 11) is 1.39. The van der Waals surface area contributed by atoms with E-state index in [4.69, 9.17) is 13.9 Å². The standard InChI is InChI=1S/C35H51N3O7/c1-4-5-6-7-8-11-16-38-30-23-29(26-13-9-10-14-26)45-25(2)35(30,34(42)43-3)24-27(32(38)40)22-31(39)36-17-19-37(20-18-36)33(41)28-15-12-21-44-28/h12,15,21,23,25-27,29H,4-11,13-14,16-20,22,24H2,1-3H3/t25-,27+,29-,35+/m1/s1. The maximum Gasteiger partial charge on any atom is 0.320 e. The van der Waals surface area contributed by atoms with Crippen LogP contribution in [0, 0.1) is 17.3 Å². The molecule has 248 valence electrons. The molecule has 4 aliphatic rings. The maximum absolute atomic E-state index is 14.3. The van der Waals surface area contributed by atoms with Gasteiger partial charge >= 0.3 is 5.97 Å². The number of nitrogens with zero attached hydrogens (tertiary/aromatic N) is 3. The lowest BCUT2D eigenvalue weighted by Crippen LogP contribution is -2.61. The van der Waals surface area contributed by atoms with Gasteiger partial charge in [0.05, 0.1) is 25.6 Å². The van der Waals surface area contributed by atoms with Crippen LogP contribution in [-0.4, -0.2) is 90.4 Å². The number of ether oxygens (including phenoxy) is 2. The van der Waals surface area contributed by atoms with E-state index in [-0.39, 0.29) is 42.4 Å². The van der Waals surface area contributed by atoms with Gasteiger partial charge in [-0.25, -0.2) is 0 Å². The summed E-state index contributed by atoms with van der Waals surface area (Å²) in [6, 6.07) is 3.32. The largest absolute Gasteiger partial charge is 0.468 e. The Bertz CT molecular complexity index is 1220. The van der Waals surface area contributed by atoms with Crippen molar-refractivity contribution in [2.24, 2.45) is 17.3 Å². The summed E-state index contributed by atoms with van der Waals surface area (Å²) >= 11 is 0. The highest BCUT2D eigenvalue weighted by molar-refractivity contribution is 5.93. The van der Waals surface area contributed by atoms with Crippen LogP contribution in [0.1, 0.15) is 101 Å². The molecule has 1 saturated carbocycles. The first-order valence-electron chi connectivity index (χ1n) is 17.2. The Hall–Kier alpha value is -3.14. The number of fused-ring (bicyclic) bond motifs is 1. The predicted octanol–water partition coefficient (Wildman–Crippen LogP) is 5.18. The van der Waals surface area contributed by atoms with E-state index in [0.717, 1.165) is 37.8 Å². The van der Waals surface area contributed by atoms with Gasteiger partial charge in [0.25, 0.3) is 5.91 Å². The number of amides is 3. The molecule has 0 unspecified atom stereocenters. The average Bonchev–Trinajstić information content (AvgIpc) is 3.79. The zero-order chi connectivity index (χ0) is 32.0. The van der Waals surface area contributed by atoms with Gasteiger partial charge < -0.3 is 28.6 Å². The van der Waals surface area contributed by atoms with Gasteiger partial charge in [-0.3, -0.25) is 19.2 Å². The summed E-state index contributed by atoms with van der Waals surface area (Å²) < 4.78 is 17.3. The minimum absolute atomic E-state index is 0.00274. The smallest absolute Gasteiger partial charge is 0.320 e. The predicted molar refractivity (Wildman–Crippen MR) is 168 cm³/mol. The third-order valence-electron chi connectivity index (χ3n) is 10.5. The summed E-state index contributed by atoms with van der Waals surface area (Å²) in [5, 5.41) is 0. The lowest BCUT2D eigenvalue weighted by Gasteiger charge is -2.52. The van der Waals surface area contributed by atoms with Crippen LogP contribution in [0.4, 0.5) is 0 Å². The van der Waals surface area contributed by atoms with Gasteiger partial charge in [-0.15, -0.1) is 0 Å². The summed E-state index contributed by atoms with van der Waals surface area (Å²) in [4.78, 5) is 59.7. The van der Waals surface area contributed by atoms with Crippen molar-refractivity contribution >= 4 is 23.7 Å². The van der Waals surface area contributed by atoms with E-state index in [9.17, 15) is 19.2 Å². The zero-order valence-electron chi connectivity index (χ0n) is 27.3. The Morgan fingerprint density at radius 3 is 2.36 bits per heavy atom. The number of piperidine rings is 1. The van der Waals surface area contributed by atoms with Crippen molar-refractivity contribution in [3.8, 4) is 0 Å². The molecule has 2 saturated heterocycles. The second-order valence-corrected chi connectivity index (χ2v) is 13.3. The number of methoxy groups -OCH3 is 1. The second-order valence-electron chi connectivity index (χ2n) is 13.3. The Kier molecular flexibility index (Phi) is 11.1. The fourth-order valence-corrected chi connectivity index (χ4v) is 7.88. The third-order valence-corrected chi connectivity index (χ3v) is 10.5. The number of piperazine rings is 1. The number of furan rings is 1. The van der Waals surface area contributed by atoms with Gasteiger partial charge in [0.15, 0.2) is 5.76 Å². The molecule has 4 atom stereocenters. The normalized spacial score (nSPS) is 27.4. The Balaban J connectivity index is 1.34. The molecule has 0 spiro atoms. The topological polar surface area (TPSA) is 110 Å². The lowest BCUT2D eigenvalue weighted by molar-refractivity contribution is -0.178. The third kappa shape index (κ3) is 7.00. The van der Waals surface area contributed by atoms with Crippen molar-refractivity contribution in [3.63, 3.8) is 0 Å². The highest BCUT2D eigenvalue weighted by Crippen LogP contribution is 2.52. The molecule has 45 heavy (non-hydrogen) atoms. The van der Waals surface area contributed by atoms with Crippen LogP contribution in [0.15, 0.2) is 34.6 Å². The number of carbonyl (C=O) groups is 4. The monoisotopic (exact) mass is 625 g/mol. The number of rotatable bonds is 12. The molecule has 3 fully saturated rings. The molecule has 0 bridgehead atoms. The van der Waals surface area contributed by atoms with E-state index in [2.05, 4.69) is 13.0 Å². The first-order chi connectivity index (χ1) is 21.8. The number of hydrogen-bond acceptors (Lipinski definition) is 7. The maximum atomic E-state index is 14.3. The summed E-state index contributed by atoms with van der Waals surface area (Å²) in [5.41, 5.74) is -0.434. The van der Waals surface area contributed by atoms with Crippen LogP contribution in [0.2, 0.25) is 0 Å². The van der Waals surface area contributed by atoms with Crippen LogP contribution in [0.3, 0.4) is 0 Å². The van der Waals surface area contributed by atoms with E-state index < -0.39 is 23.4 Å². The second kappa shape index (κ2) is 15.0. The molecule has 5 rings (SSSR count). The van der Waals surface area contributed by atoms with E-state index in [1.54, 1.807) is 21.9 Å². The van der Waals surface area contributed by atoms with Crippen LogP contribution >= 0.6 is 0 Å². The summed E-state index contributed by atoms with van der Waals surface area (Å²) in [6.45, 7) is 6.17. The first kappa shape index (κ1) is 33.2. The number of hydrogen-bond donors (Lipinski definition) is 0. The molecular weight excluding hydrogens is 574 g/mol. The summed E-state index contributed by atoms with van der Waals surface area (Å²) in [6.07, 6.45) is 14.0. The van der Waals surface area contributed by atoms with Crippen molar-refractivity contribution in [3.05, 3.63) is 35.9 Å². The highest BCUT2D eigenvalue weighted by Gasteiger charge is 2.60. The van der Waals surface area contributed by atoms with Gasteiger partial charge in [-0.05, 0) is 56.7 Å². The van der Waals surface area contributed by atoms with Crippen LogP contribution < -0.4 is 0 Å². The van der Waals surface area contributed by atoms with Crippen molar-refractivity contribution < 1.29 is 33.1 Å². The number of carbonyl (C=O) groups excluding carboxylic acids is 4. The van der Waals surface area contributed by atoms with Crippen LogP contribution in [-0.2, 0) is 23.9 Å². The average molecular weight is 626 g/mol. The zero-order valence-corrected chi connectivity index (χ0v) is 27.3. The summed E-state index contributed by atoms with van der Waals surface area (Å²) in [5.74, 6) is -0.850. The van der Waals surface area contributed by atoms with E-state index in [0.29, 0.717) is 38.6 Å². The van der Waals surface area contributed by atoms with Crippen molar-refractivity contribution in [2.45, 2.75) is 103 Å². The molecule has 4 heterocycles. The Labute approximate surface area is 267 Å². The quantitative estimate of drug-likeness (QED) is 0.233. The molecule has 1 aliphatic carbocycles. The lowest BCUT2D eigenvalue weighted by atomic mass is 9.66. The van der Waals surface area contributed by atoms with E-state index in [1.165, 1.54) is 45.5 Å². The number of esters is 1. The Morgan fingerprint density at radius 1 is 1.00 bits per heavy atom. The van der Waals surface area contributed by atoms with Crippen LogP contribution in [0.5, 0.6) is 0 Å². The van der Waals surface area contributed by atoms with Crippen LogP contribution in [0.25, 0.3) is 0 Å². The van der Waals surface area contributed by atoms with Gasteiger partial charge in [0, 0.05) is 50.8 Å². The van der Waals surface area contributed by atoms with Gasteiger partial charge in [0.2, 0.25) is 11.8 Å². The fraction of sp³-hybridized carbons (Fsp3) is 0.714. The molecular formula is C35H51N3O7. The van der Waals surface area contributed by atoms with Gasteiger partial charge in [-0.1, -0.05) is 51.9 Å². The molecule has 3 amide bonds. The first-order valence-corrected chi connectivity index (χ1v) is 17.2. The molecule has 0 radical (unpaired) electrons. The SMILES string of the molecule is CCCCCCCCN1C(=O)[C@@H](CC(=O)N2CCN(C(=O)c3ccco3)CC2)C[C@@]2(C(=O)OC)C1=C[C@H](C1CCCC1)O[C@@H]2C. The molecule has 3 aliphatic heterocycles. The van der Waals surface area contributed by atoms with Gasteiger partial charge in [-0.2, -0.15) is 0 Å². The fourth-order valence-electron chi connectivity index (χ4n) is 7.88. The molecule has 0 N–H and O–H groups in total. The molecule has 0 aromatic carbocycles. The Morgan fingerprint density at radius 2 is 1.69 bits per heavy atom. The van der Waals surface area contributed by atoms with Gasteiger partial charge in [0.1, 0.15) is 5.41 Å². The minimum atomic E-state index is -1.15. The molecule has 1 aromatic heterocycles. The molecule has 10 nitrogen and oxygen atoms in total. The van der Waals surface area contributed by atoms with E-state index in [1.807, 2.05) is 11.8 Å². The number of unbranched alkanes of at least 4 members (excludes halogenated alkanes) is 5. The van der Waals surface area contributed by atoms with Crippen molar-refractivity contribution in [1.82, 2.24) is 14.7 Å². The van der Waals surface area contributed by atoms with Crippen molar-refractivity contribution in [2.75, 3.05) is 39.8 Å².